The summed E-state index contributed by atoms with van der Waals surface area (Å²) in [5, 5.41) is 2.64. The van der Waals surface area contributed by atoms with Crippen LogP contribution in [0.15, 0.2) is 78.9 Å². The number of hydrogen-bond donors (Lipinski definition) is 1. The van der Waals surface area contributed by atoms with Crippen molar-refractivity contribution in [1.29, 1.82) is 0 Å². The SMILES string of the molecule is Cc1ccc(C(=O)C(=O)NC(C)CN(C(=O)C(=O)c2ccc(C)cc2)c2ccccc2)cc1. The molecule has 0 spiro atoms. The number of benzene rings is 3. The van der Waals surface area contributed by atoms with Crippen LogP contribution in [0.25, 0.3) is 0 Å². The number of carbonyl (C=O) groups is 4. The highest BCUT2D eigenvalue weighted by molar-refractivity contribution is 6.47. The van der Waals surface area contributed by atoms with Crippen LogP contribution in [-0.2, 0) is 9.59 Å². The molecule has 0 aliphatic rings. The van der Waals surface area contributed by atoms with Crippen molar-refractivity contribution in [2.45, 2.75) is 26.8 Å². The van der Waals surface area contributed by atoms with E-state index in [1.54, 1.807) is 85.8 Å². The van der Waals surface area contributed by atoms with Crippen LogP contribution in [0.1, 0.15) is 38.8 Å². The first-order valence-corrected chi connectivity index (χ1v) is 10.7. The molecule has 6 heteroatoms. The van der Waals surface area contributed by atoms with Gasteiger partial charge in [-0.25, -0.2) is 0 Å². The van der Waals surface area contributed by atoms with Crippen molar-refractivity contribution in [3.05, 3.63) is 101 Å². The normalized spacial score (nSPS) is 11.4. The summed E-state index contributed by atoms with van der Waals surface area (Å²) < 4.78 is 0. The van der Waals surface area contributed by atoms with E-state index in [9.17, 15) is 19.2 Å². The third kappa shape index (κ3) is 6.01. The van der Waals surface area contributed by atoms with Crippen molar-refractivity contribution < 1.29 is 19.2 Å². The minimum absolute atomic E-state index is 0.0212. The molecule has 0 bridgehead atoms. The van der Waals surface area contributed by atoms with Gasteiger partial charge in [0.05, 0.1) is 0 Å². The summed E-state index contributed by atoms with van der Waals surface area (Å²) in [5.74, 6) is -2.78. The Labute approximate surface area is 193 Å². The average molecular weight is 443 g/mol. The van der Waals surface area contributed by atoms with Crippen molar-refractivity contribution in [1.82, 2.24) is 5.32 Å². The summed E-state index contributed by atoms with van der Waals surface area (Å²) in [6, 6.07) is 21.7. The van der Waals surface area contributed by atoms with Crippen LogP contribution in [0.3, 0.4) is 0 Å². The third-order valence-corrected chi connectivity index (χ3v) is 5.17. The Morgan fingerprint density at radius 1 is 0.727 bits per heavy atom. The molecule has 0 saturated heterocycles. The molecule has 1 atom stereocenters. The van der Waals surface area contributed by atoms with Gasteiger partial charge in [0.2, 0.25) is 5.78 Å². The van der Waals surface area contributed by atoms with Crippen molar-refractivity contribution in [3.63, 3.8) is 0 Å². The Morgan fingerprint density at radius 3 is 1.73 bits per heavy atom. The van der Waals surface area contributed by atoms with Gasteiger partial charge >= 0.3 is 0 Å². The van der Waals surface area contributed by atoms with Crippen LogP contribution < -0.4 is 10.2 Å². The molecular formula is C27H26N2O4. The fourth-order valence-corrected chi connectivity index (χ4v) is 3.31. The Morgan fingerprint density at radius 2 is 1.21 bits per heavy atom. The van der Waals surface area contributed by atoms with E-state index in [1.807, 2.05) is 13.8 Å². The molecule has 3 rings (SSSR count). The van der Waals surface area contributed by atoms with Crippen LogP contribution in [0.5, 0.6) is 0 Å². The first kappa shape index (κ1) is 23.6. The standard InChI is InChI=1S/C27H26N2O4/c1-18-9-13-21(14-10-18)24(30)26(32)28-20(3)17-29(23-7-5-4-6-8-23)27(33)25(31)22-15-11-19(2)12-16-22/h4-16,20H,17H2,1-3H3,(H,28,32). The maximum atomic E-state index is 13.1. The summed E-state index contributed by atoms with van der Waals surface area (Å²) in [4.78, 5) is 52.3. The molecule has 0 aliphatic carbocycles. The van der Waals surface area contributed by atoms with Gasteiger partial charge in [0.1, 0.15) is 0 Å². The number of Topliss-reactive ketones (excluding diaryl/α,β-unsaturated/α-hetero) is 2. The summed E-state index contributed by atoms with van der Waals surface area (Å²) in [7, 11) is 0. The second kappa shape index (κ2) is 10.5. The number of carbonyl (C=O) groups excluding carboxylic acids is 4. The van der Waals surface area contributed by atoms with Gasteiger partial charge in [-0.15, -0.1) is 0 Å². The van der Waals surface area contributed by atoms with E-state index in [0.29, 0.717) is 5.69 Å². The van der Waals surface area contributed by atoms with E-state index in [4.69, 9.17) is 0 Å². The number of anilines is 1. The highest BCUT2D eigenvalue weighted by Crippen LogP contribution is 2.16. The molecule has 0 radical (unpaired) electrons. The summed E-state index contributed by atoms with van der Waals surface area (Å²) in [6.45, 7) is 5.49. The molecule has 0 aromatic heterocycles. The number of ketones is 2. The van der Waals surface area contributed by atoms with Crippen molar-refractivity contribution in [2.24, 2.45) is 0 Å². The molecule has 0 aliphatic heterocycles. The van der Waals surface area contributed by atoms with Gasteiger partial charge < -0.3 is 10.2 Å². The second-order valence-electron chi connectivity index (χ2n) is 8.02. The minimum atomic E-state index is -0.767. The van der Waals surface area contributed by atoms with Gasteiger partial charge in [0.25, 0.3) is 17.6 Å². The molecule has 0 fully saturated rings. The molecule has 1 unspecified atom stereocenters. The average Bonchev–Trinajstić information content (AvgIpc) is 2.82. The van der Waals surface area contributed by atoms with Crippen LogP contribution in [-0.4, -0.2) is 36.0 Å². The van der Waals surface area contributed by atoms with E-state index in [2.05, 4.69) is 5.32 Å². The molecule has 3 aromatic rings. The Balaban J connectivity index is 1.76. The molecule has 168 valence electrons. The second-order valence-corrected chi connectivity index (χ2v) is 8.02. The molecule has 3 aromatic carbocycles. The van der Waals surface area contributed by atoms with E-state index in [-0.39, 0.29) is 17.7 Å². The van der Waals surface area contributed by atoms with Gasteiger partial charge in [-0.1, -0.05) is 77.9 Å². The van der Waals surface area contributed by atoms with E-state index in [0.717, 1.165) is 11.1 Å². The predicted octanol–water partition coefficient (Wildman–Crippen LogP) is 3.91. The van der Waals surface area contributed by atoms with Gasteiger partial charge in [0.15, 0.2) is 0 Å². The van der Waals surface area contributed by atoms with E-state index in [1.165, 1.54) is 4.90 Å². The summed E-state index contributed by atoms with van der Waals surface area (Å²) in [5.41, 5.74) is 3.06. The lowest BCUT2D eigenvalue weighted by Gasteiger charge is -2.26. The summed E-state index contributed by atoms with van der Waals surface area (Å²) >= 11 is 0. The lowest BCUT2D eigenvalue weighted by atomic mass is 10.1. The zero-order chi connectivity index (χ0) is 24.0. The Hall–Kier alpha value is -4.06. The zero-order valence-electron chi connectivity index (χ0n) is 18.9. The smallest absolute Gasteiger partial charge is 0.299 e. The van der Waals surface area contributed by atoms with E-state index < -0.39 is 29.4 Å². The quantitative estimate of drug-likeness (QED) is 0.424. The van der Waals surface area contributed by atoms with Crippen molar-refractivity contribution >= 4 is 29.1 Å². The van der Waals surface area contributed by atoms with Gasteiger partial charge in [-0.05, 0) is 32.9 Å². The van der Waals surface area contributed by atoms with Crippen molar-refractivity contribution in [2.75, 3.05) is 11.4 Å². The third-order valence-electron chi connectivity index (χ3n) is 5.17. The highest BCUT2D eigenvalue weighted by atomic mass is 16.2. The van der Waals surface area contributed by atoms with Crippen LogP contribution in [0.4, 0.5) is 5.69 Å². The molecule has 0 saturated carbocycles. The number of rotatable bonds is 8. The lowest BCUT2D eigenvalue weighted by Crippen LogP contribution is -2.48. The van der Waals surface area contributed by atoms with Gasteiger partial charge in [-0.3, -0.25) is 19.2 Å². The largest absolute Gasteiger partial charge is 0.345 e. The van der Waals surface area contributed by atoms with Gasteiger partial charge in [-0.2, -0.15) is 0 Å². The number of amides is 2. The molecule has 0 heterocycles. The van der Waals surface area contributed by atoms with Crippen LogP contribution >= 0.6 is 0 Å². The number of para-hydroxylation sites is 1. The van der Waals surface area contributed by atoms with Crippen LogP contribution in [0.2, 0.25) is 0 Å². The minimum Gasteiger partial charge on any atom is -0.345 e. The Kier molecular flexibility index (Phi) is 7.51. The summed E-state index contributed by atoms with van der Waals surface area (Å²) in [6.07, 6.45) is 0. The Bertz CT molecular complexity index is 1150. The van der Waals surface area contributed by atoms with E-state index >= 15 is 0 Å². The molecule has 1 N–H and O–H groups in total. The fourth-order valence-electron chi connectivity index (χ4n) is 3.31. The molecular weight excluding hydrogens is 416 g/mol. The molecule has 33 heavy (non-hydrogen) atoms. The number of hydrogen-bond acceptors (Lipinski definition) is 4. The monoisotopic (exact) mass is 442 g/mol. The first-order chi connectivity index (χ1) is 15.8. The molecule has 6 nitrogen and oxygen atoms in total. The number of nitrogens with one attached hydrogen (secondary N) is 1. The molecule has 2 amide bonds. The number of aryl methyl sites for hydroxylation is 2. The first-order valence-electron chi connectivity index (χ1n) is 10.7. The fraction of sp³-hybridized carbons (Fsp3) is 0.185. The maximum absolute atomic E-state index is 13.1. The number of nitrogens with zero attached hydrogens (tertiary/aromatic N) is 1. The topological polar surface area (TPSA) is 83.6 Å². The zero-order valence-corrected chi connectivity index (χ0v) is 18.9. The highest BCUT2D eigenvalue weighted by Gasteiger charge is 2.27. The predicted molar refractivity (Wildman–Crippen MR) is 127 cm³/mol. The van der Waals surface area contributed by atoms with Gasteiger partial charge in [0, 0.05) is 29.4 Å². The lowest BCUT2D eigenvalue weighted by molar-refractivity contribution is -0.118. The van der Waals surface area contributed by atoms with Crippen LogP contribution in [0, 0.1) is 13.8 Å². The maximum Gasteiger partial charge on any atom is 0.299 e. The van der Waals surface area contributed by atoms with Crippen molar-refractivity contribution in [3.8, 4) is 0 Å².